The number of nitro benzene ring substituents is 1. The molecule has 0 aliphatic heterocycles. The molecular formula is C19H20N2O7. The SMILES string of the molecule is COc1cc(C(=O)OCC(=O)Nc2ccc([N+](=O)[O-])cc2C)cc(OC)c1C. The molecule has 2 rings (SSSR count). The lowest BCUT2D eigenvalue weighted by atomic mass is 10.1. The second kappa shape index (κ2) is 8.85. The van der Waals surface area contributed by atoms with Crippen LogP contribution in [0.4, 0.5) is 11.4 Å². The van der Waals surface area contributed by atoms with Crippen LogP contribution < -0.4 is 14.8 Å². The van der Waals surface area contributed by atoms with Crippen LogP contribution in [-0.4, -0.2) is 37.6 Å². The molecule has 0 unspecified atom stereocenters. The first kappa shape index (κ1) is 20.7. The quantitative estimate of drug-likeness (QED) is 0.440. The van der Waals surface area contributed by atoms with Gasteiger partial charge in [-0.2, -0.15) is 0 Å². The molecule has 0 aromatic heterocycles. The van der Waals surface area contributed by atoms with Crippen LogP contribution >= 0.6 is 0 Å². The number of hydrogen-bond acceptors (Lipinski definition) is 7. The molecule has 0 saturated heterocycles. The van der Waals surface area contributed by atoms with Crippen molar-refractivity contribution in [1.29, 1.82) is 0 Å². The summed E-state index contributed by atoms with van der Waals surface area (Å²) in [5.41, 5.74) is 1.74. The standard InChI is InChI=1S/C19H20N2O7/c1-11-7-14(21(24)25)5-6-15(11)20-18(22)10-28-19(23)13-8-16(26-3)12(2)17(9-13)27-4/h5-9H,10H2,1-4H3,(H,20,22). The molecule has 0 radical (unpaired) electrons. The van der Waals surface area contributed by atoms with Crippen molar-refractivity contribution in [2.45, 2.75) is 13.8 Å². The monoisotopic (exact) mass is 388 g/mol. The summed E-state index contributed by atoms with van der Waals surface area (Å²) in [4.78, 5) is 34.5. The van der Waals surface area contributed by atoms with Crippen LogP contribution in [0.3, 0.4) is 0 Å². The number of anilines is 1. The van der Waals surface area contributed by atoms with Crippen molar-refractivity contribution < 1.29 is 28.7 Å². The van der Waals surface area contributed by atoms with Crippen LogP contribution in [0, 0.1) is 24.0 Å². The highest BCUT2D eigenvalue weighted by molar-refractivity contribution is 5.96. The number of nitro groups is 1. The van der Waals surface area contributed by atoms with Gasteiger partial charge in [0, 0.05) is 23.4 Å². The molecule has 0 saturated carbocycles. The van der Waals surface area contributed by atoms with E-state index >= 15 is 0 Å². The number of carbonyl (C=O) groups is 2. The Morgan fingerprint density at radius 1 is 1.07 bits per heavy atom. The molecule has 28 heavy (non-hydrogen) atoms. The van der Waals surface area contributed by atoms with Crippen molar-refractivity contribution in [2.24, 2.45) is 0 Å². The zero-order chi connectivity index (χ0) is 20.8. The van der Waals surface area contributed by atoms with E-state index in [1.807, 2.05) is 0 Å². The highest BCUT2D eigenvalue weighted by atomic mass is 16.6. The topological polar surface area (TPSA) is 117 Å². The van der Waals surface area contributed by atoms with E-state index in [-0.39, 0.29) is 11.3 Å². The number of nitrogens with zero attached hydrogens (tertiary/aromatic N) is 1. The first-order valence-corrected chi connectivity index (χ1v) is 8.21. The number of hydrogen-bond donors (Lipinski definition) is 1. The average Bonchev–Trinajstić information content (AvgIpc) is 2.67. The van der Waals surface area contributed by atoms with Gasteiger partial charge in [-0.05, 0) is 37.6 Å². The van der Waals surface area contributed by atoms with Crippen LogP contribution in [0.25, 0.3) is 0 Å². The number of aryl methyl sites for hydroxylation is 1. The minimum atomic E-state index is -0.716. The fourth-order valence-corrected chi connectivity index (χ4v) is 2.51. The number of non-ortho nitro benzene ring substituents is 1. The molecule has 0 atom stereocenters. The number of methoxy groups -OCH3 is 2. The lowest BCUT2D eigenvalue weighted by Gasteiger charge is -2.12. The maximum atomic E-state index is 12.2. The third kappa shape index (κ3) is 4.76. The minimum Gasteiger partial charge on any atom is -0.496 e. The number of nitrogens with one attached hydrogen (secondary N) is 1. The van der Waals surface area contributed by atoms with E-state index in [9.17, 15) is 19.7 Å². The lowest BCUT2D eigenvalue weighted by molar-refractivity contribution is -0.384. The van der Waals surface area contributed by atoms with E-state index in [2.05, 4.69) is 5.32 Å². The summed E-state index contributed by atoms with van der Waals surface area (Å²) in [7, 11) is 2.94. The Balaban J connectivity index is 2.03. The smallest absolute Gasteiger partial charge is 0.338 e. The molecule has 148 valence electrons. The lowest BCUT2D eigenvalue weighted by Crippen LogP contribution is -2.21. The Kier molecular flexibility index (Phi) is 6.54. The van der Waals surface area contributed by atoms with Crippen molar-refractivity contribution >= 4 is 23.3 Å². The average molecular weight is 388 g/mol. The van der Waals surface area contributed by atoms with Crippen molar-refractivity contribution in [3.05, 3.63) is 57.1 Å². The van der Waals surface area contributed by atoms with E-state index < -0.39 is 23.4 Å². The zero-order valence-electron chi connectivity index (χ0n) is 15.9. The van der Waals surface area contributed by atoms with Crippen LogP contribution in [0.15, 0.2) is 30.3 Å². The molecule has 1 amide bonds. The van der Waals surface area contributed by atoms with Gasteiger partial charge < -0.3 is 19.5 Å². The molecule has 0 spiro atoms. The molecule has 0 aliphatic rings. The van der Waals surface area contributed by atoms with Gasteiger partial charge in [0.05, 0.1) is 24.7 Å². The number of esters is 1. The summed E-state index contributed by atoms with van der Waals surface area (Å²) in [6.45, 7) is 2.89. The zero-order valence-corrected chi connectivity index (χ0v) is 15.9. The Bertz CT molecular complexity index is 899. The largest absolute Gasteiger partial charge is 0.496 e. The third-order valence-corrected chi connectivity index (χ3v) is 4.02. The van der Waals surface area contributed by atoms with Crippen LogP contribution in [0.5, 0.6) is 11.5 Å². The molecule has 0 heterocycles. The molecule has 2 aromatic rings. The molecule has 1 N–H and O–H groups in total. The van der Waals surface area contributed by atoms with E-state index in [0.29, 0.717) is 22.7 Å². The van der Waals surface area contributed by atoms with Crippen molar-refractivity contribution in [2.75, 3.05) is 26.1 Å². The van der Waals surface area contributed by atoms with Crippen molar-refractivity contribution in [1.82, 2.24) is 0 Å². The van der Waals surface area contributed by atoms with Crippen LogP contribution in [0.1, 0.15) is 21.5 Å². The van der Waals surface area contributed by atoms with Gasteiger partial charge in [0.2, 0.25) is 0 Å². The number of carbonyl (C=O) groups excluding carboxylic acids is 2. The van der Waals surface area contributed by atoms with Gasteiger partial charge in [0.25, 0.3) is 11.6 Å². The Hall–Kier alpha value is -3.62. The second-order valence-electron chi connectivity index (χ2n) is 5.89. The summed E-state index contributed by atoms with van der Waals surface area (Å²) in [6, 6.07) is 7.03. The second-order valence-corrected chi connectivity index (χ2v) is 5.89. The molecule has 0 fully saturated rings. The van der Waals surface area contributed by atoms with Gasteiger partial charge in [-0.3, -0.25) is 14.9 Å². The number of rotatable bonds is 7. The fraction of sp³-hybridized carbons (Fsp3) is 0.263. The Morgan fingerprint density at radius 3 is 2.18 bits per heavy atom. The molecule has 0 aliphatic carbocycles. The summed E-state index contributed by atoms with van der Waals surface area (Å²) < 4.78 is 15.4. The van der Waals surface area contributed by atoms with E-state index in [4.69, 9.17) is 14.2 Å². The van der Waals surface area contributed by atoms with Gasteiger partial charge in [0.15, 0.2) is 6.61 Å². The van der Waals surface area contributed by atoms with Gasteiger partial charge in [-0.1, -0.05) is 0 Å². The van der Waals surface area contributed by atoms with Crippen LogP contribution in [-0.2, 0) is 9.53 Å². The first-order valence-electron chi connectivity index (χ1n) is 8.21. The first-order chi connectivity index (χ1) is 13.3. The summed E-state index contributed by atoms with van der Waals surface area (Å²) in [5.74, 6) is -0.377. The van der Waals surface area contributed by atoms with Crippen molar-refractivity contribution in [3.63, 3.8) is 0 Å². The Labute approximate surface area is 161 Å². The fourth-order valence-electron chi connectivity index (χ4n) is 2.51. The third-order valence-electron chi connectivity index (χ3n) is 4.02. The highest BCUT2D eigenvalue weighted by Gasteiger charge is 2.16. The van der Waals surface area contributed by atoms with Gasteiger partial charge in [-0.15, -0.1) is 0 Å². The molecule has 2 aromatic carbocycles. The predicted molar refractivity (Wildman–Crippen MR) is 101 cm³/mol. The van der Waals surface area contributed by atoms with Crippen LogP contribution in [0.2, 0.25) is 0 Å². The van der Waals surface area contributed by atoms with Gasteiger partial charge in [-0.25, -0.2) is 4.79 Å². The highest BCUT2D eigenvalue weighted by Crippen LogP contribution is 2.29. The van der Waals surface area contributed by atoms with Gasteiger partial charge in [0.1, 0.15) is 11.5 Å². The summed E-state index contributed by atoms with van der Waals surface area (Å²) >= 11 is 0. The molecule has 9 nitrogen and oxygen atoms in total. The Morgan fingerprint density at radius 2 is 1.68 bits per heavy atom. The predicted octanol–water partition coefficient (Wildman–Crippen LogP) is 3.02. The molecule has 9 heteroatoms. The number of ether oxygens (including phenoxy) is 3. The van der Waals surface area contributed by atoms with Crippen molar-refractivity contribution in [3.8, 4) is 11.5 Å². The summed E-state index contributed by atoms with van der Waals surface area (Å²) in [6.07, 6.45) is 0. The number of benzene rings is 2. The normalized spacial score (nSPS) is 10.1. The van der Waals surface area contributed by atoms with E-state index in [0.717, 1.165) is 5.56 Å². The summed E-state index contributed by atoms with van der Waals surface area (Å²) in [5, 5.41) is 13.3. The van der Waals surface area contributed by atoms with E-state index in [1.54, 1.807) is 13.8 Å². The maximum Gasteiger partial charge on any atom is 0.338 e. The molecular weight excluding hydrogens is 368 g/mol. The van der Waals surface area contributed by atoms with Gasteiger partial charge >= 0.3 is 5.97 Å². The maximum absolute atomic E-state index is 12.2. The molecule has 0 bridgehead atoms. The van der Waals surface area contributed by atoms with E-state index in [1.165, 1.54) is 44.6 Å². The number of amides is 1. The minimum absolute atomic E-state index is 0.0795.